The lowest BCUT2D eigenvalue weighted by Gasteiger charge is -2.23. The normalized spacial score (nSPS) is 15.6. The fourth-order valence-corrected chi connectivity index (χ4v) is 1.27. The first-order chi connectivity index (χ1) is 5.73. The molecule has 0 amide bonds. The van der Waals surface area contributed by atoms with Crippen LogP contribution in [0.3, 0.4) is 0 Å². The number of aliphatic hydroxyl groups excluding tert-OH is 1. The molecule has 0 heterocycles. The van der Waals surface area contributed by atoms with E-state index in [1.807, 2.05) is 37.3 Å². The Morgan fingerprint density at radius 3 is 2.33 bits per heavy atom. The molecule has 0 bridgehead atoms. The number of hydrogen-bond acceptors (Lipinski definition) is 1. The second-order valence-electron chi connectivity index (χ2n) is 2.84. The second kappa shape index (κ2) is 3.92. The third kappa shape index (κ3) is 1.79. The molecule has 12 heavy (non-hydrogen) atoms. The minimum Gasteiger partial charge on any atom is -0.394 e. The van der Waals surface area contributed by atoms with Crippen molar-refractivity contribution in [2.24, 2.45) is 0 Å². The third-order valence-corrected chi connectivity index (χ3v) is 2.71. The van der Waals surface area contributed by atoms with E-state index in [9.17, 15) is 0 Å². The SMILES string of the molecule is CC[C@@](Cl)(CO)c1ccccc1. The average molecular weight is 185 g/mol. The summed E-state index contributed by atoms with van der Waals surface area (Å²) in [6, 6.07) is 9.67. The summed E-state index contributed by atoms with van der Waals surface area (Å²) in [7, 11) is 0. The summed E-state index contributed by atoms with van der Waals surface area (Å²) < 4.78 is 0. The van der Waals surface area contributed by atoms with Crippen molar-refractivity contribution >= 4 is 11.6 Å². The summed E-state index contributed by atoms with van der Waals surface area (Å²) in [5.41, 5.74) is 0.983. The topological polar surface area (TPSA) is 20.2 Å². The summed E-state index contributed by atoms with van der Waals surface area (Å²) in [5.74, 6) is 0. The van der Waals surface area contributed by atoms with E-state index in [4.69, 9.17) is 16.7 Å². The largest absolute Gasteiger partial charge is 0.394 e. The van der Waals surface area contributed by atoms with Gasteiger partial charge in [0.25, 0.3) is 0 Å². The van der Waals surface area contributed by atoms with E-state index in [-0.39, 0.29) is 6.61 Å². The maximum Gasteiger partial charge on any atom is 0.0922 e. The van der Waals surface area contributed by atoms with Crippen LogP contribution in [-0.2, 0) is 4.87 Å². The molecule has 0 fully saturated rings. The van der Waals surface area contributed by atoms with Crippen LogP contribution in [0.1, 0.15) is 18.9 Å². The number of halogens is 1. The predicted molar refractivity (Wildman–Crippen MR) is 51.3 cm³/mol. The highest BCUT2D eigenvalue weighted by Gasteiger charge is 2.25. The standard InChI is InChI=1S/C10H13ClO/c1-2-10(11,8-12)9-6-4-3-5-7-9/h3-7,12H,2,8H2,1H3/t10-/m1/s1. The van der Waals surface area contributed by atoms with Crippen LogP contribution in [0.5, 0.6) is 0 Å². The molecule has 0 spiro atoms. The zero-order valence-corrected chi connectivity index (χ0v) is 7.88. The molecule has 0 unspecified atom stereocenters. The van der Waals surface area contributed by atoms with Crippen LogP contribution in [-0.4, -0.2) is 11.7 Å². The third-order valence-electron chi connectivity index (χ3n) is 2.10. The van der Waals surface area contributed by atoms with E-state index in [1.165, 1.54) is 0 Å². The molecule has 0 saturated carbocycles. The summed E-state index contributed by atoms with van der Waals surface area (Å²) in [6.45, 7) is 1.95. The van der Waals surface area contributed by atoms with Gasteiger partial charge in [0, 0.05) is 0 Å². The lowest BCUT2D eigenvalue weighted by atomic mass is 9.97. The van der Waals surface area contributed by atoms with Crippen LogP contribution >= 0.6 is 11.6 Å². The highest BCUT2D eigenvalue weighted by molar-refractivity contribution is 6.24. The Bertz CT molecular complexity index is 229. The minimum atomic E-state index is -0.596. The van der Waals surface area contributed by atoms with Gasteiger partial charge >= 0.3 is 0 Å². The van der Waals surface area contributed by atoms with E-state index in [0.29, 0.717) is 0 Å². The molecule has 0 aromatic heterocycles. The molecule has 66 valence electrons. The maximum atomic E-state index is 9.11. The molecule has 1 aromatic rings. The van der Waals surface area contributed by atoms with Crippen LogP contribution in [0.4, 0.5) is 0 Å². The highest BCUT2D eigenvalue weighted by Crippen LogP contribution is 2.31. The molecule has 1 nitrogen and oxygen atoms in total. The lowest BCUT2D eigenvalue weighted by molar-refractivity contribution is 0.241. The van der Waals surface area contributed by atoms with E-state index >= 15 is 0 Å². The molecule has 1 N–H and O–H groups in total. The summed E-state index contributed by atoms with van der Waals surface area (Å²) in [5, 5.41) is 9.11. The van der Waals surface area contributed by atoms with Crippen molar-refractivity contribution in [2.75, 3.05) is 6.61 Å². The van der Waals surface area contributed by atoms with E-state index < -0.39 is 4.87 Å². The first kappa shape index (κ1) is 9.56. The minimum absolute atomic E-state index is 0.0188. The maximum absolute atomic E-state index is 9.11. The van der Waals surface area contributed by atoms with Gasteiger partial charge in [0.2, 0.25) is 0 Å². The molecule has 1 aromatic carbocycles. The van der Waals surface area contributed by atoms with E-state index in [1.54, 1.807) is 0 Å². The molecule has 0 aliphatic heterocycles. The first-order valence-electron chi connectivity index (χ1n) is 4.08. The van der Waals surface area contributed by atoms with Crippen molar-refractivity contribution < 1.29 is 5.11 Å². The van der Waals surface area contributed by atoms with Crippen molar-refractivity contribution in [3.05, 3.63) is 35.9 Å². The fraction of sp³-hybridized carbons (Fsp3) is 0.400. The quantitative estimate of drug-likeness (QED) is 0.716. The van der Waals surface area contributed by atoms with Gasteiger partial charge < -0.3 is 5.11 Å². The van der Waals surface area contributed by atoms with Crippen molar-refractivity contribution in [3.63, 3.8) is 0 Å². The summed E-state index contributed by atoms with van der Waals surface area (Å²) in [6.07, 6.45) is 0.731. The van der Waals surface area contributed by atoms with Gasteiger partial charge in [-0.25, -0.2) is 0 Å². The van der Waals surface area contributed by atoms with Gasteiger partial charge in [0.05, 0.1) is 11.5 Å². The molecule has 1 rings (SSSR count). The number of aliphatic hydroxyl groups is 1. The van der Waals surface area contributed by atoms with Gasteiger partial charge in [0.1, 0.15) is 0 Å². The van der Waals surface area contributed by atoms with Crippen molar-refractivity contribution in [2.45, 2.75) is 18.2 Å². The molecular formula is C10H13ClO. The first-order valence-corrected chi connectivity index (χ1v) is 4.46. The molecule has 1 atom stereocenters. The van der Waals surface area contributed by atoms with Gasteiger partial charge in [-0.3, -0.25) is 0 Å². The van der Waals surface area contributed by atoms with Gasteiger partial charge in [-0.15, -0.1) is 11.6 Å². The number of benzene rings is 1. The zero-order valence-electron chi connectivity index (χ0n) is 7.13. The van der Waals surface area contributed by atoms with Crippen molar-refractivity contribution in [1.29, 1.82) is 0 Å². The number of alkyl halides is 1. The van der Waals surface area contributed by atoms with Crippen LogP contribution in [0.25, 0.3) is 0 Å². The summed E-state index contributed by atoms with van der Waals surface area (Å²) in [4.78, 5) is -0.596. The second-order valence-corrected chi connectivity index (χ2v) is 3.57. The van der Waals surface area contributed by atoms with Gasteiger partial charge in [-0.2, -0.15) is 0 Å². The van der Waals surface area contributed by atoms with Gasteiger partial charge in [-0.1, -0.05) is 37.3 Å². The molecule has 0 aliphatic rings. The lowest BCUT2D eigenvalue weighted by Crippen LogP contribution is -2.22. The van der Waals surface area contributed by atoms with Crippen LogP contribution in [0.15, 0.2) is 30.3 Å². The molecule has 0 radical (unpaired) electrons. The molecule has 0 saturated heterocycles. The predicted octanol–water partition coefficient (Wildman–Crippen LogP) is 2.52. The zero-order chi connectivity index (χ0) is 9.03. The number of hydrogen-bond donors (Lipinski definition) is 1. The van der Waals surface area contributed by atoms with Crippen molar-refractivity contribution in [3.8, 4) is 0 Å². The monoisotopic (exact) mass is 184 g/mol. The van der Waals surface area contributed by atoms with Crippen LogP contribution in [0.2, 0.25) is 0 Å². The Hall–Kier alpha value is -0.530. The Morgan fingerprint density at radius 2 is 1.92 bits per heavy atom. The smallest absolute Gasteiger partial charge is 0.0922 e. The molecule has 0 aliphatic carbocycles. The Morgan fingerprint density at radius 1 is 1.33 bits per heavy atom. The van der Waals surface area contributed by atoms with E-state index in [0.717, 1.165) is 12.0 Å². The van der Waals surface area contributed by atoms with E-state index in [2.05, 4.69) is 0 Å². The van der Waals surface area contributed by atoms with Gasteiger partial charge in [-0.05, 0) is 12.0 Å². The Labute approximate surface area is 78.0 Å². The van der Waals surface area contributed by atoms with Crippen molar-refractivity contribution in [1.82, 2.24) is 0 Å². The average Bonchev–Trinajstić information content (AvgIpc) is 2.18. The fourth-order valence-electron chi connectivity index (χ4n) is 1.14. The Kier molecular flexibility index (Phi) is 3.12. The molecular weight excluding hydrogens is 172 g/mol. The van der Waals surface area contributed by atoms with Crippen LogP contribution < -0.4 is 0 Å². The Balaban J connectivity index is 2.95. The van der Waals surface area contributed by atoms with Gasteiger partial charge in [0.15, 0.2) is 0 Å². The summed E-state index contributed by atoms with van der Waals surface area (Å²) >= 11 is 6.18. The number of rotatable bonds is 3. The molecule has 2 heteroatoms. The highest BCUT2D eigenvalue weighted by atomic mass is 35.5. The van der Waals surface area contributed by atoms with Crippen LogP contribution in [0, 0.1) is 0 Å².